The largest absolute Gasteiger partial charge is 0.352 e. The molecule has 0 saturated heterocycles. The number of amides is 3. The first kappa shape index (κ1) is 24.6. The molecule has 0 bridgehead atoms. The zero-order chi connectivity index (χ0) is 24.7. The van der Waals surface area contributed by atoms with Crippen LogP contribution in [0.15, 0.2) is 61.2 Å². The summed E-state index contributed by atoms with van der Waals surface area (Å²) in [6.45, 7) is 8.29. The summed E-state index contributed by atoms with van der Waals surface area (Å²) in [5, 5.41) is 12.3. The summed E-state index contributed by atoms with van der Waals surface area (Å²) in [5.41, 5.74) is 2.92. The molecule has 9 nitrogen and oxygen atoms in total. The lowest BCUT2D eigenvalue weighted by Gasteiger charge is -2.19. The molecule has 3 rings (SSSR count). The van der Waals surface area contributed by atoms with Crippen LogP contribution in [0.25, 0.3) is 0 Å². The van der Waals surface area contributed by atoms with E-state index in [1.807, 2.05) is 12.1 Å². The number of aromatic nitrogens is 3. The van der Waals surface area contributed by atoms with Gasteiger partial charge in [0.05, 0.1) is 0 Å². The molecule has 2 aromatic carbocycles. The van der Waals surface area contributed by atoms with E-state index in [-0.39, 0.29) is 36.1 Å². The van der Waals surface area contributed by atoms with E-state index in [2.05, 4.69) is 46.8 Å². The van der Waals surface area contributed by atoms with Gasteiger partial charge in [0.15, 0.2) is 0 Å². The van der Waals surface area contributed by atoms with Crippen molar-refractivity contribution in [2.75, 3.05) is 17.2 Å². The summed E-state index contributed by atoms with van der Waals surface area (Å²) in [6.07, 6.45) is 2.99. The van der Waals surface area contributed by atoms with Gasteiger partial charge in [-0.05, 0) is 54.3 Å². The summed E-state index contributed by atoms with van der Waals surface area (Å²) >= 11 is 0. The van der Waals surface area contributed by atoms with Gasteiger partial charge in [0.25, 0.3) is 5.91 Å². The fourth-order valence-electron chi connectivity index (χ4n) is 3.16. The van der Waals surface area contributed by atoms with Crippen molar-refractivity contribution in [3.8, 4) is 0 Å². The van der Waals surface area contributed by atoms with Crippen molar-refractivity contribution < 1.29 is 14.4 Å². The van der Waals surface area contributed by atoms with Crippen LogP contribution in [0, 0.1) is 0 Å². The number of benzene rings is 2. The topological polar surface area (TPSA) is 118 Å². The van der Waals surface area contributed by atoms with Gasteiger partial charge in [-0.25, -0.2) is 9.67 Å². The fraction of sp³-hybridized carbons (Fsp3) is 0.320. The smallest absolute Gasteiger partial charge is 0.251 e. The molecule has 9 heteroatoms. The molecule has 0 saturated carbocycles. The minimum Gasteiger partial charge on any atom is -0.352 e. The molecule has 178 valence electrons. The van der Waals surface area contributed by atoms with Crippen molar-refractivity contribution >= 4 is 29.1 Å². The van der Waals surface area contributed by atoms with Gasteiger partial charge in [-0.3, -0.25) is 14.4 Å². The number of anilines is 2. The van der Waals surface area contributed by atoms with Gasteiger partial charge in [0.1, 0.15) is 18.7 Å². The maximum atomic E-state index is 12.3. The average molecular weight is 463 g/mol. The minimum absolute atomic E-state index is 0.0211. The first-order valence-corrected chi connectivity index (χ1v) is 11.1. The van der Waals surface area contributed by atoms with Crippen LogP contribution < -0.4 is 16.0 Å². The van der Waals surface area contributed by atoms with E-state index in [9.17, 15) is 14.4 Å². The van der Waals surface area contributed by atoms with E-state index in [0.29, 0.717) is 16.9 Å². The van der Waals surface area contributed by atoms with Crippen molar-refractivity contribution in [2.45, 2.75) is 45.6 Å². The number of nitrogens with one attached hydrogen (secondary N) is 3. The monoisotopic (exact) mass is 462 g/mol. The second-order valence-corrected chi connectivity index (χ2v) is 9.00. The molecule has 1 heterocycles. The summed E-state index contributed by atoms with van der Waals surface area (Å²) < 4.78 is 1.46. The van der Waals surface area contributed by atoms with E-state index >= 15 is 0 Å². The number of hydrogen-bond donors (Lipinski definition) is 3. The highest BCUT2D eigenvalue weighted by molar-refractivity contribution is 5.96. The van der Waals surface area contributed by atoms with Gasteiger partial charge in [0.2, 0.25) is 11.8 Å². The van der Waals surface area contributed by atoms with E-state index < -0.39 is 6.04 Å². The lowest BCUT2D eigenvalue weighted by atomic mass is 9.87. The lowest BCUT2D eigenvalue weighted by Crippen LogP contribution is -2.27. The molecule has 0 aliphatic rings. The molecule has 1 atom stereocenters. The standard InChI is InChI=1S/C25H30N6O3/c1-17(31-16-26-15-28-31)23(33)30-21-11-9-20(10-12-21)29-22(32)13-14-27-24(34)18-5-7-19(8-6-18)25(2,3)4/h5-12,15-17H,13-14H2,1-4H3,(H,27,34)(H,29,32)(H,30,33). The summed E-state index contributed by atoms with van der Waals surface area (Å²) in [7, 11) is 0. The Labute approximate surface area is 199 Å². The Morgan fingerprint density at radius 1 is 0.941 bits per heavy atom. The highest BCUT2D eigenvalue weighted by Crippen LogP contribution is 2.22. The SMILES string of the molecule is CC(C(=O)Nc1ccc(NC(=O)CCNC(=O)c2ccc(C(C)(C)C)cc2)cc1)n1cncn1. The van der Waals surface area contributed by atoms with Gasteiger partial charge >= 0.3 is 0 Å². The third kappa shape index (κ3) is 6.74. The van der Waals surface area contributed by atoms with Crippen LogP contribution in [0.2, 0.25) is 0 Å². The predicted octanol–water partition coefficient (Wildman–Crippen LogP) is 3.53. The van der Waals surface area contributed by atoms with Crippen LogP contribution in [0.5, 0.6) is 0 Å². The fourth-order valence-corrected chi connectivity index (χ4v) is 3.16. The minimum atomic E-state index is -0.506. The van der Waals surface area contributed by atoms with E-state index in [0.717, 1.165) is 5.56 Å². The van der Waals surface area contributed by atoms with Gasteiger partial charge in [-0.2, -0.15) is 5.10 Å². The highest BCUT2D eigenvalue weighted by Gasteiger charge is 2.16. The van der Waals surface area contributed by atoms with Crippen molar-refractivity contribution in [3.05, 3.63) is 72.3 Å². The molecule has 1 aromatic heterocycles. The van der Waals surface area contributed by atoms with Crippen molar-refractivity contribution in [1.82, 2.24) is 20.1 Å². The molecule has 0 aliphatic carbocycles. The molecule has 3 N–H and O–H groups in total. The van der Waals surface area contributed by atoms with Crippen LogP contribution in [0.1, 0.15) is 56.1 Å². The van der Waals surface area contributed by atoms with E-state index in [1.165, 1.54) is 17.3 Å². The maximum absolute atomic E-state index is 12.3. The molecular formula is C25H30N6O3. The van der Waals surface area contributed by atoms with Gasteiger partial charge in [-0.15, -0.1) is 0 Å². The molecule has 1 unspecified atom stereocenters. The van der Waals surface area contributed by atoms with Crippen LogP contribution in [0.4, 0.5) is 11.4 Å². The molecule has 0 spiro atoms. The number of hydrogen-bond acceptors (Lipinski definition) is 5. The number of carbonyl (C=O) groups is 3. The molecular weight excluding hydrogens is 432 g/mol. The number of carbonyl (C=O) groups excluding carboxylic acids is 3. The van der Waals surface area contributed by atoms with Crippen molar-refractivity contribution in [2.24, 2.45) is 0 Å². The van der Waals surface area contributed by atoms with Gasteiger partial charge < -0.3 is 16.0 Å². The van der Waals surface area contributed by atoms with Crippen molar-refractivity contribution in [1.29, 1.82) is 0 Å². The summed E-state index contributed by atoms with van der Waals surface area (Å²) in [5.74, 6) is -0.667. The molecule has 0 fully saturated rings. The summed E-state index contributed by atoms with van der Waals surface area (Å²) in [6, 6.07) is 13.8. The van der Waals surface area contributed by atoms with Gasteiger partial charge in [-0.1, -0.05) is 32.9 Å². The second-order valence-electron chi connectivity index (χ2n) is 9.00. The molecule has 0 aliphatic heterocycles. The zero-order valence-corrected chi connectivity index (χ0v) is 19.8. The van der Waals surface area contributed by atoms with Crippen LogP contribution in [-0.2, 0) is 15.0 Å². The van der Waals surface area contributed by atoms with Crippen LogP contribution >= 0.6 is 0 Å². The maximum Gasteiger partial charge on any atom is 0.251 e. The number of nitrogens with zero attached hydrogens (tertiary/aromatic N) is 3. The predicted molar refractivity (Wildman–Crippen MR) is 131 cm³/mol. The molecule has 3 amide bonds. The van der Waals surface area contributed by atoms with Crippen LogP contribution in [-0.4, -0.2) is 39.0 Å². The lowest BCUT2D eigenvalue weighted by molar-refractivity contribution is -0.119. The quantitative estimate of drug-likeness (QED) is 0.473. The van der Waals surface area contributed by atoms with Crippen molar-refractivity contribution in [3.63, 3.8) is 0 Å². The Bertz CT molecular complexity index is 1120. The normalized spacial score (nSPS) is 12.0. The molecule has 0 radical (unpaired) electrons. The Morgan fingerprint density at radius 3 is 2.12 bits per heavy atom. The van der Waals surface area contributed by atoms with E-state index in [4.69, 9.17) is 0 Å². The van der Waals surface area contributed by atoms with Gasteiger partial charge in [0, 0.05) is 29.9 Å². The zero-order valence-electron chi connectivity index (χ0n) is 19.8. The highest BCUT2D eigenvalue weighted by atomic mass is 16.2. The Morgan fingerprint density at radius 2 is 1.56 bits per heavy atom. The molecule has 3 aromatic rings. The second kappa shape index (κ2) is 10.7. The first-order chi connectivity index (χ1) is 16.1. The molecule has 34 heavy (non-hydrogen) atoms. The Kier molecular flexibility index (Phi) is 7.78. The Balaban J connectivity index is 1.42. The van der Waals surface area contributed by atoms with E-state index in [1.54, 1.807) is 43.3 Å². The average Bonchev–Trinajstić information content (AvgIpc) is 3.34. The third-order valence-corrected chi connectivity index (χ3v) is 5.30. The number of rotatable bonds is 8. The first-order valence-electron chi connectivity index (χ1n) is 11.1. The van der Waals surface area contributed by atoms with Crippen LogP contribution in [0.3, 0.4) is 0 Å². The Hall–Kier alpha value is -4.01. The summed E-state index contributed by atoms with van der Waals surface area (Å²) in [4.78, 5) is 40.7. The third-order valence-electron chi connectivity index (χ3n) is 5.30.